The van der Waals surface area contributed by atoms with Gasteiger partial charge in [-0.15, -0.1) is 0 Å². The standard InChI is InChI=1S/C21H23N3O3S/c1-16(18-9-7-17(15-22)8-10-18)23-21(25)19-11-13-24(14-12-19)28(26,27)20-5-3-2-4-6-20/h2-10,16,19H,11-14H2,1H3,(H,23,25). The van der Waals surface area contributed by atoms with E-state index in [1.54, 1.807) is 42.5 Å². The summed E-state index contributed by atoms with van der Waals surface area (Å²) in [6.45, 7) is 2.56. The quantitative estimate of drug-likeness (QED) is 0.840. The first-order chi connectivity index (χ1) is 13.4. The number of nitriles is 1. The normalized spacial score (nSPS) is 16.9. The Kier molecular flexibility index (Phi) is 6.12. The summed E-state index contributed by atoms with van der Waals surface area (Å²) in [7, 11) is -3.51. The predicted molar refractivity (Wildman–Crippen MR) is 106 cm³/mol. The number of piperidine rings is 1. The monoisotopic (exact) mass is 397 g/mol. The molecule has 1 heterocycles. The molecule has 0 aliphatic carbocycles. The van der Waals surface area contributed by atoms with Crippen LogP contribution >= 0.6 is 0 Å². The van der Waals surface area contributed by atoms with E-state index in [1.807, 2.05) is 19.1 Å². The first-order valence-electron chi connectivity index (χ1n) is 9.27. The maximum absolute atomic E-state index is 12.7. The zero-order chi connectivity index (χ0) is 20.1. The molecule has 7 heteroatoms. The van der Waals surface area contributed by atoms with E-state index in [9.17, 15) is 13.2 Å². The fourth-order valence-electron chi connectivity index (χ4n) is 3.36. The molecule has 1 unspecified atom stereocenters. The molecule has 2 aromatic rings. The maximum Gasteiger partial charge on any atom is 0.243 e. The van der Waals surface area contributed by atoms with Crippen LogP contribution in [0.1, 0.15) is 36.9 Å². The van der Waals surface area contributed by atoms with Gasteiger partial charge in [0.25, 0.3) is 0 Å². The van der Waals surface area contributed by atoms with Crippen LogP contribution in [0.4, 0.5) is 0 Å². The molecule has 1 saturated heterocycles. The molecule has 2 aromatic carbocycles. The van der Waals surface area contributed by atoms with Crippen molar-refractivity contribution in [2.45, 2.75) is 30.7 Å². The lowest BCUT2D eigenvalue weighted by Crippen LogP contribution is -2.43. The summed E-state index contributed by atoms with van der Waals surface area (Å²) in [6.07, 6.45) is 0.996. The number of amides is 1. The summed E-state index contributed by atoms with van der Waals surface area (Å²) >= 11 is 0. The van der Waals surface area contributed by atoms with Crippen LogP contribution in [-0.4, -0.2) is 31.7 Å². The van der Waals surface area contributed by atoms with E-state index in [0.29, 0.717) is 31.5 Å². The number of sulfonamides is 1. The van der Waals surface area contributed by atoms with E-state index < -0.39 is 10.0 Å². The summed E-state index contributed by atoms with van der Waals surface area (Å²) in [5.41, 5.74) is 1.51. The number of nitrogens with one attached hydrogen (secondary N) is 1. The summed E-state index contributed by atoms with van der Waals surface area (Å²) in [5.74, 6) is -0.267. The van der Waals surface area contributed by atoms with Gasteiger partial charge in [0.1, 0.15) is 0 Å². The molecule has 0 bridgehead atoms. The third-order valence-corrected chi connectivity index (χ3v) is 7.02. The molecular weight excluding hydrogens is 374 g/mol. The van der Waals surface area contributed by atoms with Gasteiger partial charge < -0.3 is 5.32 Å². The Morgan fingerprint density at radius 3 is 2.29 bits per heavy atom. The third-order valence-electron chi connectivity index (χ3n) is 5.10. The minimum absolute atomic E-state index is 0.0615. The summed E-state index contributed by atoms with van der Waals surface area (Å²) in [4.78, 5) is 12.9. The lowest BCUT2D eigenvalue weighted by Gasteiger charge is -2.31. The minimum Gasteiger partial charge on any atom is -0.349 e. The molecule has 1 fully saturated rings. The predicted octanol–water partition coefficient (Wildman–Crippen LogP) is 2.84. The molecule has 6 nitrogen and oxygen atoms in total. The summed E-state index contributed by atoms with van der Waals surface area (Å²) in [6, 6.07) is 17.4. The highest BCUT2D eigenvalue weighted by molar-refractivity contribution is 7.89. The van der Waals surface area contributed by atoms with Gasteiger partial charge in [0.05, 0.1) is 22.6 Å². The molecule has 1 N–H and O–H groups in total. The summed E-state index contributed by atoms with van der Waals surface area (Å²) in [5, 5.41) is 11.9. The van der Waals surface area contributed by atoms with E-state index in [0.717, 1.165) is 5.56 Å². The fraction of sp³-hybridized carbons (Fsp3) is 0.333. The molecule has 1 aliphatic heterocycles. The van der Waals surface area contributed by atoms with Gasteiger partial charge in [0.15, 0.2) is 0 Å². The Hall–Kier alpha value is -2.69. The smallest absolute Gasteiger partial charge is 0.243 e. The van der Waals surface area contributed by atoms with Crippen LogP contribution in [0.2, 0.25) is 0 Å². The number of benzene rings is 2. The highest BCUT2D eigenvalue weighted by Crippen LogP contribution is 2.24. The van der Waals surface area contributed by atoms with Crippen LogP contribution in [0.25, 0.3) is 0 Å². The van der Waals surface area contributed by atoms with Crippen molar-refractivity contribution < 1.29 is 13.2 Å². The van der Waals surface area contributed by atoms with E-state index in [4.69, 9.17) is 5.26 Å². The molecule has 146 valence electrons. The number of carbonyl (C=O) groups is 1. The van der Waals surface area contributed by atoms with Crippen LogP contribution < -0.4 is 5.32 Å². The Morgan fingerprint density at radius 2 is 1.71 bits per heavy atom. The van der Waals surface area contributed by atoms with Crippen LogP contribution in [0.3, 0.4) is 0 Å². The molecule has 0 aromatic heterocycles. The second kappa shape index (κ2) is 8.55. The highest BCUT2D eigenvalue weighted by Gasteiger charge is 2.32. The van der Waals surface area contributed by atoms with Gasteiger partial charge in [-0.1, -0.05) is 30.3 Å². The highest BCUT2D eigenvalue weighted by atomic mass is 32.2. The average Bonchev–Trinajstić information content (AvgIpc) is 2.74. The van der Waals surface area contributed by atoms with Gasteiger partial charge >= 0.3 is 0 Å². The van der Waals surface area contributed by atoms with Gasteiger partial charge in [-0.3, -0.25) is 4.79 Å². The molecule has 0 spiro atoms. The average molecular weight is 398 g/mol. The van der Waals surface area contributed by atoms with Crippen LogP contribution in [0, 0.1) is 17.2 Å². The van der Waals surface area contributed by atoms with E-state index in [2.05, 4.69) is 11.4 Å². The van der Waals surface area contributed by atoms with Crippen molar-refractivity contribution in [1.29, 1.82) is 5.26 Å². The number of nitrogens with zero attached hydrogens (tertiary/aromatic N) is 2. The van der Waals surface area contributed by atoms with Crippen LogP contribution in [0.15, 0.2) is 59.5 Å². The first-order valence-corrected chi connectivity index (χ1v) is 10.7. The summed E-state index contributed by atoms with van der Waals surface area (Å²) < 4.78 is 26.8. The third kappa shape index (κ3) is 4.41. The molecule has 0 saturated carbocycles. The van der Waals surface area contributed by atoms with E-state index >= 15 is 0 Å². The van der Waals surface area contributed by atoms with Gasteiger partial charge in [0, 0.05) is 19.0 Å². The fourth-order valence-corrected chi connectivity index (χ4v) is 4.85. The largest absolute Gasteiger partial charge is 0.349 e. The van der Waals surface area contributed by atoms with Gasteiger partial charge in [-0.2, -0.15) is 9.57 Å². The van der Waals surface area contributed by atoms with Crippen molar-refractivity contribution in [2.24, 2.45) is 5.92 Å². The SMILES string of the molecule is CC(NC(=O)C1CCN(S(=O)(=O)c2ccccc2)CC1)c1ccc(C#N)cc1. The molecule has 0 radical (unpaired) electrons. The lowest BCUT2D eigenvalue weighted by molar-refractivity contribution is -0.126. The molecule has 3 rings (SSSR count). The van der Waals surface area contributed by atoms with E-state index in [1.165, 1.54) is 4.31 Å². The van der Waals surface area contributed by atoms with Crippen molar-refractivity contribution in [3.05, 3.63) is 65.7 Å². The van der Waals surface area contributed by atoms with Crippen LogP contribution in [0.5, 0.6) is 0 Å². The number of hydrogen-bond acceptors (Lipinski definition) is 4. The van der Waals surface area contributed by atoms with Crippen molar-refractivity contribution in [3.8, 4) is 6.07 Å². The second-order valence-corrected chi connectivity index (χ2v) is 8.89. The Labute approximate surface area is 165 Å². The number of carbonyl (C=O) groups excluding carboxylic acids is 1. The zero-order valence-corrected chi connectivity index (χ0v) is 16.5. The zero-order valence-electron chi connectivity index (χ0n) is 15.7. The topological polar surface area (TPSA) is 90.3 Å². The van der Waals surface area contributed by atoms with Gasteiger partial charge in [-0.05, 0) is 49.6 Å². The lowest BCUT2D eigenvalue weighted by atomic mass is 9.96. The number of hydrogen-bond donors (Lipinski definition) is 1. The van der Waals surface area contributed by atoms with Gasteiger partial charge in [0.2, 0.25) is 15.9 Å². The van der Waals surface area contributed by atoms with Crippen molar-refractivity contribution in [1.82, 2.24) is 9.62 Å². The van der Waals surface area contributed by atoms with E-state index in [-0.39, 0.29) is 22.8 Å². The Bertz CT molecular complexity index is 958. The van der Waals surface area contributed by atoms with Crippen molar-refractivity contribution in [3.63, 3.8) is 0 Å². The first kappa shape index (κ1) is 20.1. The molecule has 1 atom stereocenters. The number of rotatable bonds is 5. The molecule has 28 heavy (non-hydrogen) atoms. The molecule has 1 amide bonds. The molecular formula is C21H23N3O3S. The second-order valence-electron chi connectivity index (χ2n) is 6.96. The molecule has 1 aliphatic rings. The Morgan fingerprint density at radius 1 is 1.11 bits per heavy atom. The van der Waals surface area contributed by atoms with Crippen molar-refractivity contribution in [2.75, 3.05) is 13.1 Å². The minimum atomic E-state index is -3.51. The van der Waals surface area contributed by atoms with Crippen LogP contribution in [-0.2, 0) is 14.8 Å². The maximum atomic E-state index is 12.7. The van der Waals surface area contributed by atoms with Crippen molar-refractivity contribution >= 4 is 15.9 Å². The Balaban J connectivity index is 1.57. The van der Waals surface area contributed by atoms with Gasteiger partial charge in [-0.25, -0.2) is 8.42 Å².